The first kappa shape index (κ1) is 23.8. The predicted octanol–water partition coefficient (Wildman–Crippen LogP) is 6.45. The van der Waals surface area contributed by atoms with Crippen LogP contribution in [0.3, 0.4) is 0 Å². The number of nitrogens with one attached hydrogen (secondary N) is 1. The van der Waals surface area contributed by atoms with Gasteiger partial charge in [-0.2, -0.15) is 0 Å². The zero-order chi connectivity index (χ0) is 25.1. The number of halogens is 2. The van der Waals surface area contributed by atoms with Crippen LogP contribution < -0.4 is 19.5 Å². The van der Waals surface area contributed by atoms with Crippen molar-refractivity contribution < 1.29 is 32.2 Å². The molecule has 0 aliphatic rings. The number of furan rings is 1. The van der Waals surface area contributed by atoms with E-state index in [1.807, 2.05) is 24.3 Å². The normalized spacial score (nSPS) is 11.4. The number of allylic oxidation sites excluding steroid dienone is 1. The summed E-state index contributed by atoms with van der Waals surface area (Å²) in [7, 11) is 4.66. The third-order valence-electron chi connectivity index (χ3n) is 5.55. The van der Waals surface area contributed by atoms with E-state index in [9.17, 15) is 13.6 Å². The highest BCUT2D eigenvalue weighted by Gasteiger charge is 2.16. The summed E-state index contributed by atoms with van der Waals surface area (Å²) in [5.74, 6) is -0.824. The van der Waals surface area contributed by atoms with Crippen LogP contribution in [0.4, 0.5) is 14.5 Å². The smallest absolute Gasteiger partial charge is 0.248 e. The summed E-state index contributed by atoms with van der Waals surface area (Å²) in [6.45, 7) is 1.75. The second kappa shape index (κ2) is 9.89. The van der Waals surface area contributed by atoms with Crippen LogP contribution >= 0.6 is 0 Å². The number of methoxy groups -OCH3 is 3. The third kappa shape index (κ3) is 4.82. The molecule has 1 aromatic heterocycles. The molecule has 35 heavy (non-hydrogen) atoms. The molecular weight excluding hydrogens is 456 g/mol. The highest BCUT2D eigenvalue weighted by molar-refractivity contribution is 6.05. The van der Waals surface area contributed by atoms with E-state index in [4.69, 9.17) is 18.6 Å². The monoisotopic (exact) mass is 479 g/mol. The molecular formula is C27H23F2NO5. The van der Waals surface area contributed by atoms with Crippen molar-refractivity contribution in [3.05, 3.63) is 78.1 Å². The number of rotatable bonds is 7. The first-order valence-electron chi connectivity index (χ1n) is 10.6. The molecule has 4 aromatic rings. The van der Waals surface area contributed by atoms with E-state index in [0.29, 0.717) is 34.0 Å². The average molecular weight is 479 g/mol. The van der Waals surface area contributed by atoms with Gasteiger partial charge < -0.3 is 23.9 Å². The van der Waals surface area contributed by atoms with E-state index in [0.717, 1.165) is 28.6 Å². The minimum Gasteiger partial charge on any atom is -0.496 e. The van der Waals surface area contributed by atoms with E-state index in [-0.39, 0.29) is 5.69 Å². The summed E-state index contributed by atoms with van der Waals surface area (Å²) >= 11 is 0. The first-order chi connectivity index (χ1) is 16.8. The van der Waals surface area contributed by atoms with Gasteiger partial charge in [0, 0.05) is 40.4 Å². The summed E-state index contributed by atoms with van der Waals surface area (Å²) in [4.78, 5) is 12.5. The average Bonchev–Trinajstić information content (AvgIpc) is 3.27. The lowest BCUT2D eigenvalue weighted by molar-refractivity contribution is -0.111. The van der Waals surface area contributed by atoms with Crippen LogP contribution in [0.5, 0.6) is 17.2 Å². The van der Waals surface area contributed by atoms with Gasteiger partial charge in [0.15, 0.2) is 23.1 Å². The van der Waals surface area contributed by atoms with Crippen molar-refractivity contribution in [3.63, 3.8) is 0 Å². The Kier molecular flexibility index (Phi) is 6.73. The molecule has 8 heteroatoms. The first-order valence-corrected chi connectivity index (χ1v) is 10.6. The maximum absolute atomic E-state index is 13.5. The zero-order valence-electron chi connectivity index (χ0n) is 19.6. The Morgan fingerprint density at radius 3 is 2.31 bits per heavy atom. The van der Waals surface area contributed by atoms with Crippen molar-refractivity contribution in [2.75, 3.05) is 26.6 Å². The molecule has 0 spiro atoms. The highest BCUT2D eigenvalue weighted by atomic mass is 19.2. The summed E-state index contributed by atoms with van der Waals surface area (Å²) in [6.07, 6.45) is 3.01. The quantitative estimate of drug-likeness (QED) is 0.309. The minimum atomic E-state index is -1.04. The lowest BCUT2D eigenvalue weighted by Crippen LogP contribution is -2.09. The molecule has 0 atom stereocenters. The van der Waals surface area contributed by atoms with Gasteiger partial charge in [-0.3, -0.25) is 4.79 Å². The largest absolute Gasteiger partial charge is 0.496 e. The van der Waals surface area contributed by atoms with Crippen molar-refractivity contribution in [1.82, 2.24) is 0 Å². The fourth-order valence-electron chi connectivity index (χ4n) is 3.79. The number of hydrogen-bond acceptors (Lipinski definition) is 5. The maximum Gasteiger partial charge on any atom is 0.248 e. The van der Waals surface area contributed by atoms with Gasteiger partial charge in [0.25, 0.3) is 0 Å². The molecule has 0 saturated heterocycles. The Balaban J connectivity index is 1.71. The molecule has 0 bridgehead atoms. The third-order valence-corrected chi connectivity index (χ3v) is 5.55. The second-order valence-electron chi connectivity index (χ2n) is 7.71. The van der Waals surface area contributed by atoms with Gasteiger partial charge in [0.05, 0.1) is 27.6 Å². The Hall–Kier alpha value is -4.33. The summed E-state index contributed by atoms with van der Waals surface area (Å²) in [5.41, 5.74) is 3.70. The Bertz CT molecular complexity index is 1440. The predicted molar refractivity (Wildman–Crippen MR) is 130 cm³/mol. The van der Waals surface area contributed by atoms with Gasteiger partial charge in [0.1, 0.15) is 11.3 Å². The molecule has 1 heterocycles. The van der Waals surface area contributed by atoms with Gasteiger partial charge in [-0.05, 0) is 48.4 Å². The fourth-order valence-corrected chi connectivity index (χ4v) is 3.79. The highest BCUT2D eigenvalue weighted by Crippen LogP contribution is 2.39. The maximum atomic E-state index is 13.5. The van der Waals surface area contributed by atoms with Crippen molar-refractivity contribution in [2.24, 2.45) is 0 Å². The van der Waals surface area contributed by atoms with E-state index in [1.54, 1.807) is 33.5 Å². The molecule has 6 nitrogen and oxygen atoms in total. The lowest BCUT2D eigenvalue weighted by Gasteiger charge is -2.11. The molecule has 0 saturated carbocycles. The van der Waals surface area contributed by atoms with E-state index >= 15 is 0 Å². The van der Waals surface area contributed by atoms with Crippen LogP contribution in [0, 0.1) is 11.6 Å². The Morgan fingerprint density at radius 2 is 1.63 bits per heavy atom. The summed E-state index contributed by atoms with van der Waals surface area (Å²) in [6, 6.07) is 12.3. The zero-order valence-corrected chi connectivity index (χ0v) is 19.6. The van der Waals surface area contributed by atoms with Gasteiger partial charge in [-0.25, -0.2) is 8.78 Å². The molecule has 0 radical (unpaired) electrons. The van der Waals surface area contributed by atoms with E-state index < -0.39 is 17.5 Å². The SMILES string of the molecule is COc1ccc(-c2coc3cc(OC)c(/C(C)=C/C(=O)Nc4ccc(F)c(F)c4)cc23)cc1OC. The Morgan fingerprint density at radius 1 is 0.886 bits per heavy atom. The van der Waals surface area contributed by atoms with Gasteiger partial charge >= 0.3 is 0 Å². The number of hydrogen-bond donors (Lipinski definition) is 1. The van der Waals surface area contributed by atoms with Crippen LogP contribution in [0.15, 0.2) is 65.3 Å². The van der Waals surface area contributed by atoms with E-state index in [2.05, 4.69) is 5.32 Å². The number of anilines is 1. The van der Waals surface area contributed by atoms with Gasteiger partial charge in [-0.1, -0.05) is 6.07 Å². The molecule has 0 aliphatic carbocycles. The standard InChI is InChI=1S/C27H23F2NO5/c1-15(9-27(31)30-17-6-7-21(28)22(29)11-17)18-12-19-20(14-35-25(19)13-24(18)33-3)16-5-8-23(32-2)26(10-16)34-4/h5-14H,1-4H3,(H,30,31)/b15-9+. The molecule has 0 fully saturated rings. The molecule has 0 unspecified atom stereocenters. The number of fused-ring (bicyclic) bond motifs is 1. The molecule has 180 valence electrons. The van der Waals surface area contributed by atoms with Crippen LogP contribution in [-0.2, 0) is 4.79 Å². The number of benzene rings is 3. The minimum absolute atomic E-state index is 0.144. The molecule has 4 rings (SSSR count). The second-order valence-corrected chi connectivity index (χ2v) is 7.71. The number of carbonyl (C=O) groups excluding carboxylic acids is 1. The van der Waals surface area contributed by atoms with Gasteiger partial charge in [-0.15, -0.1) is 0 Å². The lowest BCUT2D eigenvalue weighted by atomic mass is 9.99. The topological polar surface area (TPSA) is 69.9 Å². The molecule has 0 aliphatic heterocycles. The van der Waals surface area contributed by atoms with Crippen molar-refractivity contribution in [1.29, 1.82) is 0 Å². The van der Waals surface area contributed by atoms with Crippen LogP contribution in [0.25, 0.3) is 27.7 Å². The summed E-state index contributed by atoms with van der Waals surface area (Å²) < 4.78 is 48.6. The van der Waals surface area contributed by atoms with Crippen LogP contribution in [-0.4, -0.2) is 27.2 Å². The van der Waals surface area contributed by atoms with Crippen molar-refractivity contribution in [2.45, 2.75) is 6.92 Å². The van der Waals surface area contributed by atoms with Crippen molar-refractivity contribution in [3.8, 4) is 28.4 Å². The molecule has 1 amide bonds. The Labute approximate surface area is 200 Å². The number of ether oxygens (including phenoxy) is 3. The van der Waals surface area contributed by atoms with Crippen LogP contribution in [0.1, 0.15) is 12.5 Å². The fraction of sp³-hybridized carbons (Fsp3) is 0.148. The summed E-state index contributed by atoms with van der Waals surface area (Å²) in [5, 5.41) is 3.34. The number of carbonyl (C=O) groups is 1. The molecule has 3 aromatic carbocycles. The molecule has 1 N–H and O–H groups in total. The van der Waals surface area contributed by atoms with Gasteiger partial charge in [0.2, 0.25) is 5.91 Å². The van der Waals surface area contributed by atoms with Crippen molar-refractivity contribution >= 4 is 28.1 Å². The van der Waals surface area contributed by atoms with Crippen LogP contribution in [0.2, 0.25) is 0 Å². The van der Waals surface area contributed by atoms with E-state index in [1.165, 1.54) is 19.3 Å². The number of amides is 1.